The van der Waals surface area contributed by atoms with Crippen molar-refractivity contribution in [1.29, 1.82) is 0 Å². The van der Waals surface area contributed by atoms with E-state index in [9.17, 15) is 19.5 Å². The fraction of sp³-hybridized carbons (Fsp3) is 0.283. The molecular weight excluding hydrogens is 745 g/mol. The molecule has 3 saturated heterocycles. The normalized spacial score (nSPS) is 18.5. The number of anilines is 1. The van der Waals surface area contributed by atoms with Crippen LogP contribution in [0.1, 0.15) is 16.7 Å². The summed E-state index contributed by atoms with van der Waals surface area (Å²) in [5.74, 6) is 0.494. The van der Waals surface area contributed by atoms with Gasteiger partial charge in [-0.1, -0.05) is 85.5 Å². The number of carbonyl (C=O) groups excluding carboxylic acids is 3. The molecule has 4 amide bonds. The average molecular weight is 795 g/mol. The number of amides is 4. The number of carbonyl (C=O) groups is 3. The van der Waals surface area contributed by atoms with Crippen LogP contribution < -0.4 is 10.6 Å². The highest BCUT2D eigenvalue weighted by Crippen LogP contribution is 2.35. The first-order chi connectivity index (χ1) is 28.7. The molecule has 13 heteroatoms. The first kappa shape index (κ1) is 39.3. The molecule has 5 aromatic rings. The monoisotopic (exact) mass is 794 g/mol. The lowest BCUT2D eigenvalue weighted by molar-refractivity contribution is -0.189. The van der Waals surface area contributed by atoms with Crippen molar-refractivity contribution < 1.29 is 24.2 Å². The maximum atomic E-state index is 14.8. The molecule has 13 nitrogen and oxygen atoms in total. The number of nitrogens with one attached hydrogen (secondary N) is 2. The van der Waals surface area contributed by atoms with Crippen LogP contribution in [-0.4, -0.2) is 110 Å². The van der Waals surface area contributed by atoms with Gasteiger partial charge in [-0.25, -0.2) is 14.8 Å². The Kier molecular flexibility index (Phi) is 11.4. The van der Waals surface area contributed by atoms with E-state index >= 15 is 0 Å². The summed E-state index contributed by atoms with van der Waals surface area (Å²) in [5.41, 5.74) is 6.69. The summed E-state index contributed by atoms with van der Waals surface area (Å²) in [7, 11) is 2.01. The number of benzene rings is 4. The smallest absolute Gasteiger partial charge is 0.334 e. The Labute approximate surface area is 344 Å². The summed E-state index contributed by atoms with van der Waals surface area (Å²) in [6.45, 7) is 11.9. The largest absolute Gasteiger partial charge is 0.508 e. The number of nitrogens with zero attached hydrogens (tertiary/aromatic N) is 6. The van der Waals surface area contributed by atoms with E-state index in [1.54, 1.807) is 50.2 Å². The minimum absolute atomic E-state index is 0.0915. The third-order valence-electron chi connectivity index (χ3n) is 11.4. The maximum absolute atomic E-state index is 14.8. The van der Waals surface area contributed by atoms with Crippen LogP contribution in [-0.2, 0) is 40.9 Å². The quantitative estimate of drug-likeness (QED) is 0.142. The molecule has 0 spiro atoms. The van der Waals surface area contributed by atoms with Gasteiger partial charge in [0.1, 0.15) is 18.0 Å². The Balaban J connectivity index is 1.10. The number of morpholine rings is 1. The van der Waals surface area contributed by atoms with Crippen LogP contribution in [0.25, 0.3) is 22.0 Å². The highest BCUT2D eigenvalue weighted by atomic mass is 16.5. The van der Waals surface area contributed by atoms with Crippen molar-refractivity contribution in [3.05, 3.63) is 145 Å². The van der Waals surface area contributed by atoms with Crippen molar-refractivity contribution in [2.24, 2.45) is 7.05 Å². The number of aromatic hydroxyl groups is 1. The van der Waals surface area contributed by atoms with Crippen LogP contribution in [0.5, 0.6) is 5.75 Å². The van der Waals surface area contributed by atoms with E-state index in [0.29, 0.717) is 19.8 Å². The molecule has 3 aliphatic heterocycles. The number of fused-ring (bicyclic) bond motifs is 2. The predicted molar refractivity (Wildman–Crippen MR) is 227 cm³/mol. The number of piperazine rings is 1. The number of phenolic OH excluding ortho intramolecular Hbond substituents is 1. The van der Waals surface area contributed by atoms with Gasteiger partial charge >= 0.3 is 6.03 Å². The number of rotatable bonds is 12. The Morgan fingerprint density at radius 2 is 1.68 bits per heavy atom. The minimum Gasteiger partial charge on any atom is -0.508 e. The number of aryl methyl sites for hydroxylation is 1. The lowest BCUT2D eigenvalue weighted by atomic mass is 9.97. The third-order valence-corrected chi connectivity index (χ3v) is 11.4. The lowest BCUT2D eigenvalue weighted by Gasteiger charge is -2.55. The molecule has 3 N–H and O–H groups in total. The van der Waals surface area contributed by atoms with E-state index < -0.39 is 12.2 Å². The highest BCUT2D eigenvalue weighted by molar-refractivity contribution is 5.98. The topological polar surface area (TPSA) is 126 Å². The van der Waals surface area contributed by atoms with Crippen molar-refractivity contribution in [2.75, 3.05) is 51.3 Å². The summed E-state index contributed by atoms with van der Waals surface area (Å²) in [5, 5.41) is 20.8. The van der Waals surface area contributed by atoms with Gasteiger partial charge in [0, 0.05) is 69.0 Å². The fourth-order valence-corrected chi connectivity index (χ4v) is 8.48. The van der Waals surface area contributed by atoms with E-state index in [1.165, 1.54) is 0 Å². The Morgan fingerprint density at radius 1 is 0.932 bits per heavy atom. The van der Waals surface area contributed by atoms with Gasteiger partial charge in [-0.2, -0.15) is 0 Å². The van der Waals surface area contributed by atoms with Crippen LogP contribution >= 0.6 is 0 Å². The molecule has 1 aromatic heterocycles. The molecule has 304 valence electrons. The molecular formula is C46H50N8O5. The van der Waals surface area contributed by atoms with Gasteiger partial charge in [0.05, 0.1) is 37.6 Å². The Hall–Kier alpha value is -6.57. The molecule has 2 atom stereocenters. The molecule has 4 heterocycles. The van der Waals surface area contributed by atoms with Crippen LogP contribution in [0.3, 0.4) is 0 Å². The minimum atomic E-state index is -0.893. The number of hydrogen-bond acceptors (Lipinski definition) is 8. The van der Waals surface area contributed by atoms with E-state index in [1.807, 2.05) is 49.5 Å². The van der Waals surface area contributed by atoms with Gasteiger partial charge in [-0.3, -0.25) is 9.59 Å². The standard InChI is InChI=1S/C46H50N8O5/c1-4-21-52-31-43(56)53-41(26-33-13-19-38(55)20-14-33)45(57)51(30-42(53)54(52)46(58)47-27-34-9-6-5-7-10-34)28-36-11-8-12-39-40(29-49(3)44(36)39)35-15-17-37(18-16-35)48-32(2)50-22-24-59-25-23-50/h4-20,29,41-42,48,55H,1-2,21-28,30-31H2,3H3,(H,47,58)/t41-,42-/m0/s1. The summed E-state index contributed by atoms with van der Waals surface area (Å²) >= 11 is 0. The number of ether oxygens (including phenoxy) is 1. The second kappa shape index (κ2) is 17.1. The van der Waals surface area contributed by atoms with Crippen LogP contribution in [0, 0.1) is 0 Å². The molecule has 59 heavy (non-hydrogen) atoms. The summed E-state index contributed by atoms with van der Waals surface area (Å²) < 4.78 is 7.58. The van der Waals surface area contributed by atoms with E-state index in [-0.39, 0.29) is 56.2 Å². The number of phenols is 1. The summed E-state index contributed by atoms with van der Waals surface area (Å²) in [6.07, 6.45) is 3.20. The van der Waals surface area contributed by atoms with Crippen LogP contribution in [0.15, 0.2) is 128 Å². The second-order valence-electron chi connectivity index (χ2n) is 15.2. The molecule has 0 unspecified atom stereocenters. The van der Waals surface area contributed by atoms with E-state index in [0.717, 1.165) is 63.3 Å². The zero-order chi connectivity index (χ0) is 41.0. The van der Waals surface area contributed by atoms with Gasteiger partial charge in [0.15, 0.2) is 0 Å². The average Bonchev–Trinajstić information content (AvgIpc) is 3.60. The van der Waals surface area contributed by atoms with Gasteiger partial charge in [0.25, 0.3) is 0 Å². The van der Waals surface area contributed by atoms with Crippen LogP contribution in [0.2, 0.25) is 0 Å². The van der Waals surface area contributed by atoms with E-state index in [2.05, 4.69) is 69.8 Å². The van der Waals surface area contributed by atoms with E-state index in [4.69, 9.17) is 4.74 Å². The van der Waals surface area contributed by atoms with Crippen molar-refractivity contribution in [2.45, 2.75) is 31.7 Å². The Morgan fingerprint density at radius 3 is 2.41 bits per heavy atom. The summed E-state index contributed by atoms with van der Waals surface area (Å²) in [6, 6.07) is 29.5. The third kappa shape index (κ3) is 8.25. The molecule has 3 fully saturated rings. The lowest BCUT2D eigenvalue weighted by Crippen LogP contribution is -2.76. The van der Waals surface area contributed by atoms with Crippen LogP contribution in [0.4, 0.5) is 10.5 Å². The van der Waals surface area contributed by atoms with Crippen molar-refractivity contribution in [1.82, 2.24) is 34.6 Å². The van der Waals surface area contributed by atoms with Crippen molar-refractivity contribution >= 4 is 34.4 Å². The molecule has 0 saturated carbocycles. The maximum Gasteiger partial charge on any atom is 0.334 e. The van der Waals surface area contributed by atoms with Gasteiger partial charge in [-0.15, -0.1) is 6.58 Å². The molecule has 8 rings (SSSR count). The van der Waals surface area contributed by atoms with Gasteiger partial charge in [-0.05, 0) is 46.5 Å². The number of aromatic nitrogens is 1. The van der Waals surface area contributed by atoms with Crippen molar-refractivity contribution in [3.8, 4) is 16.9 Å². The van der Waals surface area contributed by atoms with Gasteiger partial charge in [0.2, 0.25) is 11.8 Å². The number of para-hydroxylation sites is 1. The molecule has 0 bridgehead atoms. The van der Waals surface area contributed by atoms with Gasteiger partial charge < -0.3 is 39.7 Å². The SMILES string of the molecule is C=CCN1CC(=O)N2[C@@H](Cc3ccc(O)cc3)C(=O)N(Cc3cccc4c(-c5ccc(NC(=C)N6CCOCC6)cc5)cn(C)c34)C[C@@H]2N1C(=O)NCc1ccccc1. The van der Waals surface area contributed by atoms with Crippen molar-refractivity contribution in [3.63, 3.8) is 0 Å². The number of hydrogen-bond donors (Lipinski definition) is 3. The fourth-order valence-electron chi connectivity index (χ4n) is 8.48. The first-order valence-corrected chi connectivity index (χ1v) is 20.0. The Bertz CT molecular complexity index is 2340. The molecule has 0 radical (unpaired) electrons. The molecule has 3 aliphatic rings. The highest BCUT2D eigenvalue weighted by Gasteiger charge is 2.51. The summed E-state index contributed by atoms with van der Waals surface area (Å²) in [4.78, 5) is 48.6. The second-order valence-corrected chi connectivity index (χ2v) is 15.2. The number of urea groups is 1. The zero-order valence-corrected chi connectivity index (χ0v) is 33.3. The molecule has 0 aliphatic carbocycles. The zero-order valence-electron chi connectivity index (χ0n) is 33.3. The molecule has 4 aromatic carbocycles. The number of hydrazine groups is 1. The predicted octanol–water partition coefficient (Wildman–Crippen LogP) is 5.50. The first-order valence-electron chi connectivity index (χ1n) is 20.0.